The zero-order valence-corrected chi connectivity index (χ0v) is 12.6. The van der Waals surface area contributed by atoms with Crippen molar-refractivity contribution in [2.45, 2.75) is 12.5 Å². The van der Waals surface area contributed by atoms with Crippen LogP contribution in [0.3, 0.4) is 0 Å². The second-order valence-corrected chi connectivity index (χ2v) is 5.29. The summed E-state index contributed by atoms with van der Waals surface area (Å²) in [7, 11) is 0. The Bertz CT molecular complexity index is 784. The number of amides is 3. The summed E-state index contributed by atoms with van der Waals surface area (Å²) in [5.74, 6) is -0.0735. The predicted molar refractivity (Wildman–Crippen MR) is 86.1 cm³/mol. The zero-order chi connectivity index (χ0) is 16.9. The molecule has 1 saturated heterocycles. The van der Waals surface area contributed by atoms with Crippen LogP contribution in [0.4, 0.5) is 16.2 Å². The molecule has 1 fully saturated rings. The van der Waals surface area contributed by atoms with Gasteiger partial charge in [-0.1, -0.05) is 0 Å². The van der Waals surface area contributed by atoms with Gasteiger partial charge in [0.2, 0.25) is 5.91 Å². The fourth-order valence-electron chi connectivity index (χ4n) is 2.49. The molecule has 1 aromatic carbocycles. The number of carbonyl (C=O) groups excluding carboxylic acids is 2. The van der Waals surface area contributed by atoms with E-state index in [1.165, 1.54) is 12.4 Å². The summed E-state index contributed by atoms with van der Waals surface area (Å²) in [6, 6.07) is 9.73. The van der Waals surface area contributed by atoms with Gasteiger partial charge in [-0.15, -0.1) is 0 Å². The lowest BCUT2D eigenvalue weighted by molar-refractivity contribution is -0.117. The first-order valence-corrected chi connectivity index (χ1v) is 7.30. The van der Waals surface area contributed by atoms with Crippen molar-refractivity contribution in [2.24, 2.45) is 0 Å². The Morgan fingerprint density at radius 3 is 2.71 bits per heavy atom. The maximum atomic E-state index is 12.2. The topological polar surface area (TPSA) is 111 Å². The molecule has 0 aliphatic carbocycles. The van der Waals surface area contributed by atoms with Gasteiger partial charge in [0.05, 0.1) is 35.8 Å². The summed E-state index contributed by atoms with van der Waals surface area (Å²) in [5.41, 5.74) is 1.77. The van der Waals surface area contributed by atoms with Crippen LogP contribution in [0.2, 0.25) is 0 Å². The van der Waals surface area contributed by atoms with Crippen LogP contribution >= 0.6 is 0 Å². The third-order valence-electron chi connectivity index (χ3n) is 3.61. The van der Waals surface area contributed by atoms with Crippen molar-refractivity contribution in [1.82, 2.24) is 15.5 Å². The quantitative estimate of drug-likeness (QED) is 0.884. The van der Waals surface area contributed by atoms with Crippen LogP contribution in [0.15, 0.2) is 42.7 Å². The van der Waals surface area contributed by atoms with Gasteiger partial charge in [0.15, 0.2) is 0 Å². The third-order valence-corrected chi connectivity index (χ3v) is 3.61. The molecular formula is C16H14N6O2. The minimum absolute atomic E-state index is 0.0735. The first-order chi connectivity index (χ1) is 11.7. The molecule has 3 rings (SSSR count). The van der Waals surface area contributed by atoms with Crippen molar-refractivity contribution in [3.63, 3.8) is 0 Å². The number of aromatic nitrogens is 2. The Hall–Kier alpha value is -3.47. The Balaban J connectivity index is 1.60. The van der Waals surface area contributed by atoms with E-state index in [-0.39, 0.29) is 18.4 Å². The molecule has 0 radical (unpaired) electrons. The largest absolute Gasteiger partial charge is 0.333 e. The molecule has 0 spiro atoms. The van der Waals surface area contributed by atoms with E-state index >= 15 is 0 Å². The Morgan fingerprint density at radius 2 is 2.04 bits per heavy atom. The van der Waals surface area contributed by atoms with Crippen molar-refractivity contribution < 1.29 is 9.59 Å². The van der Waals surface area contributed by atoms with E-state index in [1.807, 2.05) is 6.07 Å². The molecule has 2 heterocycles. The summed E-state index contributed by atoms with van der Waals surface area (Å²) < 4.78 is 0. The number of urea groups is 1. The predicted octanol–water partition coefficient (Wildman–Crippen LogP) is 1.28. The van der Waals surface area contributed by atoms with Gasteiger partial charge in [0.25, 0.3) is 0 Å². The summed E-state index contributed by atoms with van der Waals surface area (Å²) in [5, 5.41) is 21.5. The molecule has 8 heteroatoms. The highest BCUT2D eigenvalue weighted by Gasteiger charge is 2.31. The number of benzene rings is 1. The maximum absolute atomic E-state index is 12.2. The molecule has 0 saturated carbocycles. The molecule has 120 valence electrons. The van der Waals surface area contributed by atoms with E-state index < -0.39 is 6.03 Å². The van der Waals surface area contributed by atoms with Crippen molar-refractivity contribution in [2.75, 3.05) is 16.8 Å². The number of carbonyl (C=O) groups is 2. The Labute approximate surface area is 138 Å². The van der Waals surface area contributed by atoms with Crippen LogP contribution in [0.5, 0.6) is 0 Å². The Morgan fingerprint density at radius 1 is 1.25 bits per heavy atom. The van der Waals surface area contributed by atoms with Gasteiger partial charge in [-0.25, -0.2) is 4.79 Å². The Kier molecular flexibility index (Phi) is 4.34. The molecule has 2 aromatic rings. The molecule has 1 aromatic heterocycles. The molecule has 3 amide bonds. The summed E-state index contributed by atoms with van der Waals surface area (Å²) in [6.45, 7) is 0.382. The second kappa shape index (κ2) is 6.75. The van der Waals surface area contributed by atoms with Crippen molar-refractivity contribution in [3.8, 4) is 6.07 Å². The lowest BCUT2D eigenvalue weighted by atomic mass is 10.2. The summed E-state index contributed by atoms with van der Waals surface area (Å²) >= 11 is 0. The smallest absolute Gasteiger partial charge is 0.319 e. The highest BCUT2D eigenvalue weighted by atomic mass is 16.2. The highest BCUT2D eigenvalue weighted by Crippen LogP contribution is 2.22. The number of nitriles is 1. The normalized spacial score (nSPS) is 16.5. The fraction of sp³-hybridized carbons (Fsp3) is 0.188. The summed E-state index contributed by atoms with van der Waals surface area (Å²) in [6.07, 6.45) is 3.13. The second-order valence-electron chi connectivity index (χ2n) is 5.29. The molecule has 8 nitrogen and oxygen atoms in total. The van der Waals surface area contributed by atoms with Crippen LogP contribution in [0, 0.1) is 11.3 Å². The van der Waals surface area contributed by atoms with Crippen molar-refractivity contribution in [3.05, 3.63) is 48.3 Å². The van der Waals surface area contributed by atoms with Gasteiger partial charge in [0.1, 0.15) is 0 Å². The monoisotopic (exact) mass is 322 g/mol. The first-order valence-electron chi connectivity index (χ1n) is 7.30. The van der Waals surface area contributed by atoms with E-state index in [0.717, 1.165) is 0 Å². The number of nitrogens with zero attached hydrogens (tertiary/aromatic N) is 4. The van der Waals surface area contributed by atoms with Crippen LogP contribution in [-0.2, 0) is 4.79 Å². The SMILES string of the molecule is N#Cc1ccc(N2CC(NC(=O)Nc3ccnnc3)CC2=O)cc1. The van der Waals surface area contributed by atoms with Crippen LogP contribution in [0.25, 0.3) is 0 Å². The first kappa shape index (κ1) is 15.4. The number of hydrogen-bond donors (Lipinski definition) is 2. The molecule has 24 heavy (non-hydrogen) atoms. The van der Waals surface area contributed by atoms with Crippen molar-refractivity contribution in [1.29, 1.82) is 5.26 Å². The maximum Gasteiger partial charge on any atom is 0.319 e. The highest BCUT2D eigenvalue weighted by molar-refractivity contribution is 5.97. The van der Waals surface area contributed by atoms with Crippen LogP contribution < -0.4 is 15.5 Å². The third kappa shape index (κ3) is 3.47. The van der Waals surface area contributed by atoms with Gasteiger partial charge in [-0.2, -0.15) is 15.5 Å². The number of hydrogen-bond acceptors (Lipinski definition) is 5. The molecule has 1 aliphatic heterocycles. The van der Waals surface area contributed by atoms with Gasteiger partial charge in [0, 0.05) is 18.7 Å². The fourth-order valence-corrected chi connectivity index (χ4v) is 2.49. The summed E-state index contributed by atoms with van der Waals surface area (Å²) in [4.78, 5) is 25.7. The van der Waals surface area contributed by atoms with E-state index in [2.05, 4.69) is 20.8 Å². The van der Waals surface area contributed by atoms with E-state index in [4.69, 9.17) is 5.26 Å². The molecule has 1 aliphatic rings. The average molecular weight is 322 g/mol. The lowest BCUT2D eigenvalue weighted by Crippen LogP contribution is -2.39. The van der Waals surface area contributed by atoms with Gasteiger partial charge in [-0.05, 0) is 30.3 Å². The number of anilines is 2. The van der Waals surface area contributed by atoms with E-state index in [0.29, 0.717) is 23.5 Å². The molecule has 1 atom stereocenters. The van der Waals surface area contributed by atoms with E-state index in [9.17, 15) is 9.59 Å². The molecular weight excluding hydrogens is 308 g/mol. The van der Waals surface area contributed by atoms with Gasteiger partial charge < -0.3 is 15.5 Å². The minimum Gasteiger partial charge on any atom is -0.333 e. The number of nitrogens with one attached hydrogen (secondary N) is 2. The molecule has 2 N–H and O–H groups in total. The standard InChI is InChI=1S/C16H14N6O2/c17-8-11-1-3-14(4-2-11)22-10-13(7-15(22)23)21-16(24)20-12-5-6-18-19-9-12/h1-6,9,13H,7,10H2,(H2,18,20,21,24). The van der Waals surface area contributed by atoms with Crippen molar-refractivity contribution >= 4 is 23.3 Å². The van der Waals surface area contributed by atoms with E-state index in [1.54, 1.807) is 35.2 Å². The van der Waals surface area contributed by atoms with Gasteiger partial charge >= 0.3 is 6.03 Å². The molecule has 0 bridgehead atoms. The molecule has 1 unspecified atom stereocenters. The van der Waals surface area contributed by atoms with Crippen LogP contribution in [-0.4, -0.2) is 34.7 Å². The minimum atomic E-state index is -0.400. The average Bonchev–Trinajstić information content (AvgIpc) is 2.96. The lowest BCUT2D eigenvalue weighted by Gasteiger charge is -2.17. The van der Waals surface area contributed by atoms with Gasteiger partial charge in [-0.3, -0.25) is 4.79 Å². The zero-order valence-electron chi connectivity index (χ0n) is 12.6. The van der Waals surface area contributed by atoms with Crippen LogP contribution in [0.1, 0.15) is 12.0 Å². The number of rotatable bonds is 3.